The predicted octanol–water partition coefficient (Wildman–Crippen LogP) is 3.12. The van der Waals surface area contributed by atoms with Crippen LogP contribution in [0.2, 0.25) is 0 Å². The number of aliphatic imine (C=N–C) groups is 1. The number of rotatable bonds is 2. The first kappa shape index (κ1) is 13.7. The fraction of sp³-hybridized carbons (Fsp3) is 0.500. The number of nitrogens with one attached hydrogen (secondary N) is 1. The zero-order valence-electron chi connectivity index (χ0n) is 11.3. The maximum Gasteiger partial charge on any atom is 0.152 e. The topological polar surface area (TPSA) is 44.6 Å². The molecule has 3 heteroatoms. The molecule has 0 saturated carbocycles. The van der Waals surface area contributed by atoms with Crippen LogP contribution in [0.5, 0.6) is 0 Å². The van der Waals surface area contributed by atoms with Crippen molar-refractivity contribution in [2.24, 2.45) is 4.99 Å². The lowest BCUT2D eigenvalue weighted by Crippen LogP contribution is -2.22. The van der Waals surface area contributed by atoms with Gasteiger partial charge in [-0.15, -0.1) is 0 Å². The second-order valence-corrected chi connectivity index (χ2v) is 5.51. The van der Waals surface area contributed by atoms with E-state index >= 15 is 0 Å². The molecule has 0 aromatic heterocycles. The van der Waals surface area contributed by atoms with E-state index in [0.717, 1.165) is 5.56 Å². The molecule has 94 valence electrons. The van der Waals surface area contributed by atoms with Gasteiger partial charge in [0.05, 0.1) is 0 Å². The van der Waals surface area contributed by atoms with Gasteiger partial charge in [0.25, 0.3) is 0 Å². The zero-order chi connectivity index (χ0) is 13.1. The van der Waals surface area contributed by atoms with Crippen LogP contribution in [0.1, 0.15) is 45.7 Å². The summed E-state index contributed by atoms with van der Waals surface area (Å²) in [7, 11) is 0. The Balaban J connectivity index is 3.01. The van der Waals surface area contributed by atoms with E-state index in [2.05, 4.69) is 43.4 Å². The number of amidine groups is 1. The fourth-order valence-electron chi connectivity index (χ4n) is 1.55. The molecule has 0 aliphatic heterocycles. The van der Waals surface area contributed by atoms with Gasteiger partial charge in [-0.25, -0.2) is 0 Å². The molecule has 0 saturated heterocycles. The summed E-state index contributed by atoms with van der Waals surface area (Å²) >= 11 is 0. The van der Waals surface area contributed by atoms with Gasteiger partial charge < -0.3 is 0 Å². The third kappa shape index (κ3) is 3.86. The average Bonchev–Trinajstić information content (AvgIpc) is 2.24. The van der Waals surface area contributed by atoms with Gasteiger partial charge in [0, 0.05) is 11.6 Å². The number of benzene rings is 1. The van der Waals surface area contributed by atoms with Crippen LogP contribution >= 0.6 is 0 Å². The van der Waals surface area contributed by atoms with Crippen molar-refractivity contribution in [3.05, 3.63) is 35.4 Å². The van der Waals surface area contributed by atoms with Crippen molar-refractivity contribution < 1.29 is 5.21 Å². The first-order valence-corrected chi connectivity index (χ1v) is 5.93. The third-order valence-corrected chi connectivity index (χ3v) is 2.52. The molecule has 0 heterocycles. The summed E-state index contributed by atoms with van der Waals surface area (Å²) in [6.07, 6.45) is 0. The van der Waals surface area contributed by atoms with E-state index in [-0.39, 0.29) is 11.5 Å². The zero-order valence-corrected chi connectivity index (χ0v) is 11.3. The minimum Gasteiger partial charge on any atom is -0.290 e. The molecule has 0 unspecified atom stereocenters. The van der Waals surface area contributed by atoms with Crippen LogP contribution in [0, 0.1) is 0 Å². The Morgan fingerprint density at radius 2 is 1.71 bits per heavy atom. The third-order valence-electron chi connectivity index (χ3n) is 2.52. The molecule has 17 heavy (non-hydrogen) atoms. The van der Waals surface area contributed by atoms with Crippen LogP contribution in [0.4, 0.5) is 0 Å². The molecule has 0 aliphatic rings. The molecule has 0 atom stereocenters. The molecule has 0 aliphatic carbocycles. The van der Waals surface area contributed by atoms with Crippen molar-refractivity contribution in [1.82, 2.24) is 5.48 Å². The summed E-state index contributed by atoms with van der Waals surface area (Å²) < 4.78 is 0. The Morgan fingerprint density at radius 1 is 1.18 bits per heavy atom. The number of nitrogens with zero attached hydrogens (tertiary/aromatic N) is 1. The van der Waals surface area contributed by atoms with Crippen LogP contribution in [0.25, 0.3) is 0 Å². The van der Waals surface area contributed by atoms with E-state index in [1.165, 1.54) is 5.56 Å². The average molecular weight is 234 g/mol. The highest BCUT2D eigenvalue weighted by atomic mass is 16.5. The second-order valence-electron chi connectivity index (χ2n) is 5.51. The lowest BCUT2D eigenvalue weighted by molar-refractivity contribution is 0.234. The Bertz CT molecular complexity index is 386. The van der Waals surface area contributed by atoms with E-state index in [0.29, 0.717) is 5.84 Å². The smallest absolute Gasteiger partial charge is 0.152 e. The van der Waals surface area contributed by atoms with Gasteiger partial charge >= 0.3 is 0 Å². The van der Waals surface area contributed by atoms with Crippen molar-refractivity contribution in [3.63, 3.8) is 0 Å². The quantitative estimate of drug-likeness (QED) is 0.469. The summed E-state index contributed by atoms with van der Waals surface area (Å²) in [5.41, 5.74) is 4.46. The largest absolute Gasteiger partial charge is 0.290 e. The molecule has 1 rings (SSSR count). The van der Waals surface area contributed by atoms with Crippen molar-refractivity contribution in [2.45, 2.75) is 46.1 Å². The first-order valence-electron chi connectivity index (χ1n) is 5.93. The van der Waals surface area contributed by atoms with Gasteiger partial charge in [-0.3, -0.25) is 15.7 Å². The van der Waals surface area contributed by atoms with Crippen molar-refractivity contribution in [1.29, 1.82) is 0 Å². The first-order chi connectivity index (χ1) is 7.84. The highest BCUT2D eigenvalue weighted by Crippen LogP contribution is 2.22. The van der Waals surface area contributed by atoms with Gasteiger partial charge in [0.1, 0.15) is 0 Å². The Morgan fingerprint density at radius 3 is 2.06 bits per heavy atom. The Hall–Kier alpha value is -1.35. The normalized spacial score (nSPS) is 13.0. The van der Waals surface area contributed by atoms with E-state index in [9.17, 15) is 0 Å². The lowest BCUT2D eigenvalue weighted by atomic mass is 9.86. The highest BCUT2D eigenvalue weighted by molar-refractivity contribution is 5.98. The summed E-state index contributed by atoms with van der Waals surface area (Å²) in [5, 5.41) is 9.08. The molecule has 0 radical (unpaired) electrons. The Kier molecular flexibility index (Phi) is 4.29. The van der Waals surface area contributed by atoms with Gasteiger partial charge in [-0.05, 0) is 24.8 Å². The van der Waals surface area contributed by atoms with Crippen LogP contribution in [-0.2, 0) is 5.41 Å². The van der Waals surface area contributed by atoms with Gasteiger partial charge in [0.2, 0.25) is 0 Å². The number of hydroxylamine groups is 1. The van der Waals surface area contributed by atoms with E-state index in [1.807, 2.05) is 26.0 Å². The molecule has 0 spiro atoms. The summed E-state index contributed by atoms with van der Waals surface area (Å²) in [5.74, 6) is 0.514. The van der Waals surface area contributed by atoms with Crippen molar-refractivity contribution in [3.8, 4) is 0 Å². The van der Waals surface area contributed by atoms with Crippen LogP contribution in [-0.4, -0.2) is 17.1 Å². The molecular formula is C14H22N2O. The minimum absolute atomic E-state index is 0.139. The Labute approximate surface area is 104 Å². The monoisotopic (exact) mass is 234 g/mol. The second kappa shape index (κ2) is 5.32. The van der Waals surface area contributed by atoms with Crippen LogP contribution in [0.3, 0.4) is 0 Å². The SMILES string of the molecule is CC(C)N=C(NO)c1ccc(C(C)(C)C)cc1. The van der Waals surface area contributed by atoms with Crippen molar-refractivity contribution >= 4 is 5.84 Å². The van der Waals surface area contributed by atoms with Crippen LogP contribution in [0.15, 0.2) is 29.3 Å². The van der Waals surface area contributed by atoms with Gasteiger partial charge in [0.15, 0.2) is 5.84 Å². The maximum absolute atomic E-state index is 9.08. The molecule has 1 aromatic carbocycles. The van der Waals surface area contributed by atoms with E-state index < -0.39 is 0 Å². The maximum atomic E-state index is 9.08. The van der Waals surface area contributed by atoms with Gasteiger partial charge in [-0.2, -0.15) is 0 Å². The van der Waals surface area contributed by atoms with E-state index in [1.54, 1.807) is 0 Å². The fourth-order valence-corrected chi connectivity index (χ4v) is 1.55. The minimum atomic E-state index is 0.139. The summed E-state index contributed by atoms with van der Waals surface area (Å²) in [6.45, 7) is 10.5. The summed E-state index contributed by atoms with van der Waals surface area (Å²) in [4.78, 5) is 4.31. The van der Waals surface area contributed by atoms with Crippen molar-refractivity contribution in [2.75, 3.05) is 0 Å². The molecule has 0 bridgehead atoms. The van der Waals surface area contributed by atoms with Gasteiger partial charge in [-0.1, -0.05) is 45.0 Å². The standard InChI is InChI=1S/C14H22N2O/c1-10(2)15-13(16-17)11-6-8-12(9-7-11)14(3,4)5/h6-10,17H,1-5H3,(H,15,16). The predicted molar refractivity (Wildman–Crippen MR) is 71.7 cm³/mol. The number of hydrogen-bond donors (Lipinski definition) is 2. The molecule has 0 fully saturated rings. The van der Waals surface area contributed by atoms with Crippen LogP contribution < -0.4 is 5.48 Å². The highest BCUT2D eigenvalue weighted by Gasteiger charge is 2.13. The molecule has 0 amide bonds. The molecule has 2 N–H and O–H groups in total. The molecular weight excluding hydrogens is 212 g/mol. The molecule has 3 nitrogen and oxygen atoms in total. The molecule has 1 aromatic rings. The lowest BCUT2D eigenvalue weighted by Gasteiger charge is -2.19. The number of hydrogen-bond acceptors (Lipinski definition) is 2. The van der Waals surface area contributed by atoms with E-state index in [4.69, 9.17) is 5.21 Å². The summed E-state index contributed by atoms with van der Waals surface area (Å²) in [6, 6.07) is 8.24.